The molecule has 3 aromatic rings. The van der Waals surface area contributed by atoms with Gasteiger partial charge in [0.2, 0.25) is 16.0 Å². The number of methoxy groups -OCH3 is 2. The number of hydrogen-bond donors (Lipinski definition) is 1. The van der Waals surface area contributed by atoms with Crippen LogP contribution in [-0.4, -0.2) is 64.2 Å². The zero-order valence-corrected chi connectivity index (χ0v) is 19.6. The first-order valence-electron chi connectivity index (χ1n) is 9.65. The molecule has 0 amide bonds. The van der Waals surface area contributed by atoms with Crippen LogP contribution in [0.2, 0.25) is 5.02 Å². The summed E-state index contributed by atoms with van der Waals surface area (Å²) in [6.07, 6.45) is 3.44. The summed E-state index contributed by atoms with van der Waals surface area (Å²) in [6.45, 7) is 3.66. The lowest BCUT2D eigenvalue weighted by Crippen LogP contribution is -2.34. The van der Waals surface area contributed by atoms with Crippen molar-refractivity contribution in [1.82, 2.24) is 29.7 Å². The van der Waals surface area contributed by atoms with Crippen LogP contribution >= 0.6 is 11.6 Å². The summed E-state index contributed by atoms with van der Waals surface area (Å²) >= 11 is 5.83. The van der Waals surface area contributed by atoms with Crippen LogP contribution in [0.4, 0.5) is 5.95 Å². The maximum absolute atomic E-state index is 13.2. The maximum atomic E-state index is 13.2. The fraction of sp³-hybridized carbons (Fsp3) is 0.421. The first-order valence-corrected chi connectivity index (χ1v) is 11.6. The predicted molar refractivity (Wildman–Crippen MR) is 119 cm³/mol. The fourth-order valence-corrected chi connectivity index (χ4v) is 4.36. The number of nitrogens with zero attached hydrogens (tertiary/aromatic N) is 6. The highest BCUT2D eigenvalue weighted by Crippen LogP contribution is 2.28. The average Bonchev–Trinajstić information content (AvgIpc) is 3.19. The smallest absolute Gasteiger partial charge is 0.240 e. The Morgan fingerprint density at radius 3 is 2.44 bits per heavy atom. The van der Waals surface area contributed by atoms with E-state index in [0.29, 0.717) is 23.1 Å². The number of ether oxygens (including phenoxy) is 2. The van der Waals surface area contributed by atoms with Gasteiger partial charge in [-0.3, -0.25) is 14.3 Å². The van der Waals surface area contributed by atoms with Crippen molar-refractivity contribution in [1.29, 1.82) is 0 Å². The summed E-state index contributed by atoms with van der Waals surface area (Å²) in [6, 6.07) is 5.07. The summed E-state index contributed by atoms with van der Waals surface area (Å²) in [5.41, 5.74) is 0.547. The van der Waals surface area contributed by atoms with Gasteiger partial charge in [-0.25, -0.2) is 18.4 Å². The van der Waals surface area contributed by atoms with Crippen molar-refractivity contribution in [3.63, 3.8) is 0 Å². The molecule has 3 atom stereocenters. The Hall–Kier alpha value is -2.67. The molecule has 0 aliphatic rings. The van der Waals surface area contributed by atoms with E-state index in [4.69, 9.17) is 21.1 Å². The molecule has 0 aromatic carbocycles. The molecule has 0 fully saturated rings. The molecule has 3 rings (SSSR count). The van der Waals surface area contributed by atoms with E-state index < -0.39 is 21.4 Å². The number of sulfonamides is 1. The molecule has 0 aliphatic carbocycles. The SMILES string of the molecule is COCC(C)n1c(NS(=O)(=O)C(C)C(OC)c2ncc(Cl)cn2)nnc1-c1ccccn1. The van der Waals surface area contributed by atoms with Gasteiger partial charge in [0.15, 0.2) is 11.6 Å². The number of halogens is 1. The van der Waals surface area contributed by atoms with E-state index >= 15 is 0 Å². The lowest BCUT2D eigenvalue weighted by atomic mass is 10.2. The molecule has 13 heteroatoms. The van der Waals surface area contributed by atoms with E-state index in [1.54, 1.807) is 30.0 Å². The van der Waals surface area contributed by atoms with Gasteiger partial charge in [-0.05, 0) is 26.0 Å². The Kier molecular flexibility index (Phi) is 7.72. The Bertz CT molecular complexity index is 1130. The minimum Gasteiger partial charge on any atom is -0.383 e. The third-order valence-corrected chi connectivity index (χ3v) is 6.62. The molecule has 0 bridgehead atoms. The van der Waals surface area contributed by atoms with Crippen molar-refractivity contribution in [2.45, 2.75) is 31.2 Å². The summed E-state index contributed by atoms with van der Waals surface area (Å²) in [5.74, 6) is 0.636. The zero-order chi connectivity index (χ0) is 23.3. The summed E-state index contributed by atoms with van der Waals surface area (Å²) in [5, 5.41) is 7.51. The van der Waals surface area contributed by atoms with Gasteiger partial charge >= 0.3 is 0 Å². The topological polar surface area (TPSA) is 134 Å². The highest BCUT2D eigenvalue weighted by atomic mass is 35.5. The summed E-state index contributed by atoms with van der Waals surface area (Å²) in [4.78, 5) is 12.5. The molecule has 3 unspecified atom stereocenters. The van der Waals surface area contributed by atoms with Gasteiger partial charge in [-0.15, -0.1) is 10.2 Å². The Labute approximate surface area is 191 Å². The zero-order valence-electron chi connectivity index (χ0n) is 18.0. The molecule has 32 heavy (non-hydrogen) atoms. The minimum absolute atomic E-state index is 0.0360. The monoisotopic (exact) mass is 481 g/mol. The molecule has 0 saturated heterocycles. The van der Waals surface area contributed by atoms with Crippen molar-refractivity contribution in [3.8, 4) is 11.5 Å². The lowest BCUT2D eigenvalue weighted by Gasteiger charge is -2.23. The van der Waals surface area contributed by atoms with Crippen LogP contribution in [0.3, 0.4) is 0 Å². The van der Waals surface area contributed by atoms with Crippen LogP contribution in [0, 0.1) is 0 Å². The van der Waals surface area contributed by atoms with Gasteiger partial charge < -0.3 is 9.47 Å². The number of nitrogens with one attached hydrogen (secondary N) is 1. The lowest BCUT2D eigenvalue weighted by molar-refractivity contribution is 0.0950. The van der Waals surface area contributed by atoms with E-state index in [1.807, 2.05) is 13.0 Å². The summed E-state index contributed by atoms with van der Waals surface area (Å²) < 4.78 is 41.2. The van der Waals surface area contributed by atoms with Crippen LogP contribution in [-0.2, 0) is 19.5 Å². The Morgan fingerprint density at radius 2 is 1.84 bits per heavy atom. The number of hydrogen-bond acceptors (Lipinski definition) is 9. The third-order valence-electron chi connectivity index (χ3n) is 4.74. The molecular formula is C19H24ClN7O4S. The Morgan fingerprint density at radius 1 is 1.12 bits per heavy atom. The van der Waals surface area contributed by atoms with E-state index in [-0.39, 0.29) is 17.8 Å². The van der Waals surface area contributed by atoms with E-state index in [1.165, 1.54) is 26.4 Å². The van der Waals surface area contributed by atoms with Crippen molar-refractivity contribution < 1.29 is 17.9 Å². The number of anilines is 1. The Balaban J connectivity index is 1.95. The van der Waals surface area contributed by atoms with Crippen molar-refractivity contribution >= 4 is 27.6 Å². The van der Waals surface area contributed by atoms with Crippen molar-refractivity contribution in [2.75, 3.05) is 25.5 Å². The quantitative estimate of drug-likeness (QED) is 0.463. The van der Waals surface area contributed by atoms with Gasteiger partial charge in [-0.1, -0.05) is 17.7 Å². The molecule has 11 nitrogen and oxygen atoms in total. The minimum atomic E-state index is -4.00. The van der Waals surface area contributed by atoms with E-state index in [9.17, 15) is 8.42 Å². The van der Waals surface area contributed by atoms with Crippen LogP contribution in [0.25, 0.3) is 11.5 Å². The summed E-state index contributed by atoms with van der Waals surface area (Å²) in [7, 11) is -1.05. The molecule has 0 aliphatic heterocycles. The standard InChI is InChI=1S/C19H24ClN7O4S/c1-12(11-30-3)27-18(15-7-5-6-8-21-15)24-25-19(27)26-32(28,29)13(2)16(31-4)17-22-9-14(20)10-23-17/h5-10,12-13,16H,11H2,1-4H3,(H,25,26). The first-order chi connectivity index (χ1) is 15.3. The van der Waals surface area contributed by atoms with Crippen LogP contribution < -0.4 is 4.72 Å². The normalized spacial score (nSPS) is 14.7. The molecule has 3 aromatic heterocycles. The van der Waals surface area contributed by atoms with Gasteiger partial charge in [0.05, 0.1) is 17.7 Å². The largest absolute Gasteiger partial charge is 0.383 e. The van der Waals surface area contributed by atoms with E-state index in [2.05, 4.69) is 29.9 Å². The van der Waals surface area contributed by atoms with Crippen LogP contribution in [0.5, 0.6) is 0 Å². The predicted octanol–water partition coefficient (Wildman–Crippen LogP) is 2.51. The highest BCUT2D eigenvalue weighted by molar-refractivity contribution is 7.93. The number of aromatic nitrogens is 6. The van der Waals surface area contributed by atoms with Crippen molar-refractivity contribution in [3.05, 3.63) is 47.6 Å². The average molecular weight is 482 g/mol. The molecule has 0 saturated carbocycles. The number of pyridine rings is 1. The van der Waals surface area contributed by atoms with Gasteiger partial charge in [0.1, 0.15) is 17.0 Å². The molecule has 1 N–H and O–H groups in total. The molecule has 0 spiro atoms. The van der Waals surface area contributed by atoms with Gasteiger partial charge in [0, 0.05) is 32.8 Å². The molecular weight excluding hydrogens is 458 g/mol. The van der Waals surface area contributed by atoms with Crippen molar-refractivity contribution in [2.24, 2.45) is 0 Å². The van der Waals surface area contributed by atoms with Gasteiger partial charge in [0.25, 0.3) is 0 Å². The third kappa shape index (κ3) is 5.21. The molecule has 172 valence electrons. The second kappa shape index (κ2) is 10.3. The highest BCUT2D eigenvalue weighted by Gasteiger charge is 2.34. The van der Waals surface area contributed by atoms with Crippen LogP contribution in [0.15, 0.2) is 36.8 Å². The van der Waals surface area contributed by atoms with Gasteiger partial charge in [-0.2, -0.15) is 0 Å². The molecule has 0 radical (unpaired) electrons. The second-order valence-corrected chi connectivity index (χ2v) is 9.48. The van der Waals surface area contributed by atoms with Crippen LogP contribution in [0.1, 0.15) is 31.8 Å². The maximum Gasteiger partial charge on any atom is 0.240 e. The first kappa shape index (κ1) is 24.0. The number of rotatable bonds is 10. The second-order valence-electron chi connectivity index (χ2n) is 7.00. The fourth-order valence-electron chi connectivity index (χ4n) is 3.12. The van der Waals surface area contributed by atoms with E-state index in [0.717, 1.165) is 0 Å². The molecule has 3 heterocycles.